The lowest BCUT2D eigenvalue weighted by molar-refractivity contribution is -0.133. The number of amides is 1. The molecule has 1 fully saturated rings. The summed E-state index contributed by atoms with van der Waals surface area (Å²) >= 11 is 6.27. The van der Waals surface area contributed by atoms with Crippen LogP contribution in [0.25, 0.3) is 0 Å². The van der Waals surface area contributed by atoms with Crippen LogP contribution in [-0.4, -0.2) is 44.7 Å². The van der Waals surface area contributed by atoms with Crippen LogP contribution in [0.4, 0.5) is 0 Å². The molecule has 1 aliphatic heterocycles. The molecule has 0 bridgehead atoms. The molecule has 5 nitrogen and oxygen atoms in total. The van der Waals surface area contributed by atoms with E-state index < -0.39 is 15.1 Å². The van der Waals surface area contributed by atoms with Crippen LogP contribution in [0.1, 0.15) is 38.5 Å². The second-order valence-corrected chi connectivity index (χ2v) is 9.98. The van der Waals surface area contributed by atoms with Gasteiger partial charge in [0.25, 0.3) is 0 Å². The van der Waals surface area contributed by atoms with Gasteiger partial charge in [-0.05, 0) is 62.3 Å². The molecule has 0 aromatic heterocycles. The van der Waals surface area contributed by atoms with E-state index in [0.717, 1.165) is 25.9 Å². The third-order valence-corrected chi connectivity index (χ3v) is 7.71. The predicted molar refractivity (Wildman–Crippen MR) is 106 cm³/mol. The molecular formula is C20H26ClNO4S. The van der Waals surface area contributed by atoms with Gasteiger partial charge in [-0.15, -0.1) is 0 Å². The highest BCUT2D eigenvalue weighted by Gasteiger charge is 2.34. The van der Waals surface area contributed by atoms with Crippen LogP contribution in [0.15, 0.2) is 40.3 Å². The molecule has 2 unspecified atom stereocenters. The summed E-state index contributed by atoms with van der Waals surface area (Å²) in [7, 11) is -2.02. The average molecular weight is 412 g/mol. The van der Waals surface area contributed by atoms with Crippen molar-refractivity contribution in [2.75, 3.05) is 20.2 Å². The van der Waals surface area contributed by atoms with Crippen molar-refractivity contribution in [1.82, 2.24) is 4.90 Å². The number of rotatable bonds is 5. The summed E-state index contributed by atoms with van der Waals surface area (Å²) in [5.41, 5.74) is 0. The maximum Gasteiger partial charge on any atom is 0.222 e. The van der Waals surface area contributed by atoms with E-state index in [9.17, 15) is 13.2 Å². The van der Waals surface area contributed by atoms with Crippen LogP contribution < -0.4 is 4.74 Å². The van der Waals surface area contributed by atoms with Gasteiger partial charge >= 0.3 is 0 Å². The summed E-state index contributed by atoms with van der Waals surface area (Å²) in [4.78, 5) is 14.7. The van der Waals surface area contributed by atoms with E-state index in [-0.39, 0.29) is 16.7 Å². The fourth-order valence-electron chi connectivity index (χ4n) is 3.86. The Hall–Kier alpha value is -1.53. The monoisotopic (exact) mass is 411 g/mol. The van der Waals surface area contributed by atoms with Crippen molar-refractivity contribution in [2.45, 2.75) is 48.7 Å². The third kappa shape index (κ3) is 4.85. The number of sulfone groups is 1. The normalized spacial score (nSPS) is 23.6. The predicted octanol–water partition coefficient (Wildman–Crippen LogP) is 3.77. The number of carbonyl (C=O) groups is 1. The van der Waals surface area contributed by atoms with Crippen LogP contribution in [0.5, 0.6) is 5.75 Å². The van der Waals surface area contributed by atoms with Gasteiger partial charge in [0.05, 0.1) is 17.3 Å². The van der Waals surface area contributed by atoms with E-state index in [0.29, 0.717) is 30.0 Å². The van der Waals surface area contributed by atoms with Crippen molar-refractivity contribution >= 4 is 27.3 Å². The summed E-state index contributed by atoms with van der Waals surface area (Å²) in [5.74, 6) is 0.679. The van der Waals surface area contributed by atoms with Crippen LogP contribution in [-0.2, 0) is 14.6 Å². The molecule has 148 valence electrons. The molecular weight excluding hydrogens is 386 g/mol. The van der Waals surface area contributed by atoms with Crippen molar-refractivity contribution in [2.24, 2.45) is 5.92 Å². The summed E-state index contributed by atoms with van der Waals surface area (Å²) in [5, 5.41) is -0.175. The Kier molecular flexibility index (Phi) is 6.48. The molecule has 1 amide bonds. The van der Waals surface area contributed by atoms with Crippen molar-refractivity contribution in [3.8, 4) is 5.75 Å². The molecule has 3 rings (SSSR count). The first kappa shape index (κ1) is 20.2. The number of carbonyl (C=O) groups excluding carboxylic acids is 1. The number of piperidine rings is 1. The first-order valence-electron chi connectivity index (χ1n) is 9.42. The standard InChI is InChI=1S/C20H26ClNO4S/c1-26-17-5-7-18(8-6-17)27(24,25)19-12-15(11-16(21)14-19)13-20(23)22-9-3-2-4-10-22/h5-8,14-15,19H,2-4,9-13H2,1H3. The fraction of sp³-hybridized carbons (Fsp3) is 0.550. The van der Waals surface area contributed by atoms with E-state index in [1.54, 1.807) is 30.3 Å². The van der Waals surface area contributed by atoms with Crippen molar-refractivity contribution in [3.05, 3.63) is 35.4 Å². The number of hydrogen-bond acceptors (Lipinski definition) is 4. The third-order valence-electron chi connectivity index (χ3n) is 5.37. The van der Waals surface area contributed by atoms with Crippen LogP contribution >= 0.6 is 11.6 Å². The van der Waals surface area contributed by atoms with E-state index in [1.807, 2.05) is 4.90 Å². The zero-order valence-corrected chi connectivity index (χ0v) is 17.1. The number of benzene rings is 1. The highest BCUT2D eigenvalue weighted by Crippen LogP contribution is 2.35. The maximum atomic E-state index is 13.0. The molecule has 1 saturated heterocycles. The number of likely N-dealkylation sites (tertiary alicyclic amines) is 1. The van der Waals surface area contributed by atoms with Crippen LogP contribution in [0.2, 0.25) is 0 Å². The second kappa shape index (κ2) is 8.65. The quantitative estimate of drug-likeness (QED) is 0.739. The van der Waals surface area contributed by atoms with Gasteiger partial charge < -0.3 is 9.64 Å². The number of hydrogen-bond donors (Lipinski definition) is 0. The SMILES string of the molecule is COc1ccc(S(=O)(=O)C2C=C(Cl)CC(CC(=O)N3CCCCC3)C2)cc1. The lowest BCUT2D eigenvalue weighted by Gasteiger charge is -2.31. The first-order valence-corrected chi connectivity index (χ1v) is 11.3. The molecule has 7 heteroatoms. The zero-order chi connectivity index (χ0) is 19.4. The molecule has 1 aromatic rings. The van der Waals surface area contributed by atoms with Crippen molar-refractivity contribution < 1.29 is 17.9 Å². The molecule has 27 heavy (non-hydrogen) atoms. The lowest BCUT2D eigenvalue weighted by Crippen LogP contribution is -2.37. The van der Waals surface area contributed by atoms with Crippen LogP contribution in [0.3, 0.4) is 0 Å². The smallest absolute Gasteiger partial charge is 0.222 e. The highest BCUT2D eigenvalue weighted by molar-refractivity contribution is 7.92. The number of methoxy groups -OCH3 is 1. The Balaban J connectivity index is 1.71. The summed E-state index contributed by atoms with van der Waals surface area (Å²) in [6, 6.07) is 6.38. The number of nitrogens with zero attached hydrogens (tertiary/aromatic N) is 1. The molecule has 0 radical (unpaired) electrons. The molecule has 0 saturated carbocycles. The number of allylic oxidation sites excluding steroid dienone is 1. The van der Waals surface area contributed by atoms with Crippen molar-refractivity contribution in [1.29, 1.82) is 0 Å². The minimum atomic E-state index is -3.55. The van der Waals surface area contributed by atoms with Gasteiger partial charge in [-0.1, -0.05) is 17.7 Å². The van der Waals surface area contributed by atoms with Gasteiger partial charge in [-0.2, -0.15) is 0 Å². The van der Waals surface area contributed by atoms with Gasteiger partial charge in [-0.25, -0.2) is 8.42 Å². The van der Waals surface area contributed by atoms with Gasteiger partial charge in [0.1, 0.15) is 5.75 Å². The Morgan fingerprint density at radius 1 is 1.19 bits per heavy atom. The Morgan fingerprint density at radius 3 is 2.48 bits per heavy atom. The lowest BCUT2D eigenvalue weighted by atomic mass is 9.90. The van der Waals surface area contributed by atoms with E-state index in [1.165, 1.54) is 13.5 Å². The molecule has 2 atom stereocenters. The summed E-state index contributed by atoms with van der Waals surface area (Å²) < 4.78 is 31.1. The molecule has 2 aliphatic rings. The molecule has 0 spiro atoms. The Morgan fingerprint density at radius 2 is 1.85 bits per heavy atom. The maximum absolute atomic E-state index is 13.0. The zero-order valence-electron chi connectivity index (χ0n) is 15.6. The van der Waals surface area contributed by atoms with E-state index >= 15 is 0 Å². The van der Waals surface area contributed by atoms with Crippen molar-refractivity contribution in [3.63, 3.8) is 0 Å². The molecule has 0 N–H and O–H groups in total. The largest absolute Gasteiger partial charge is 0.497 e. The minimum absolute atomic E-state index is 0.0463. The molecule has 1 aromatic carbocycles. The topological polar surface area (TPSA) is 63.7 Å². The molecule has 1 heterocycles. The molecule has 1 aliphatic carbocycles. The highest BCUT2D eigenvalue weighted by atomic mass is 35.5. The Bertz CT molecular complexity index is 798. The van der Waals surface area contributed by atoms with Gasteiger partial charge in [-0.3, -0.25) is 4.79 Å². The summed E-state index contributed by atoms with van der Waals surface area (Å²) in [6.07, 6.45) is 6.24. The van der Waals surface area contributed by atoms with Gasteiger partial charge in [0, 0.05) is 24.5 Å². The fourth-order valence-corrected chi connectivity index (χ4v) is 6.04. The second-order valence-electron chi connectivity index (χ2n) is 7.32. The number of ether oxygens (including phenoxy) is 1. The first-order chi connectivity index (χ1) is 12.9. The van der Waals surface area contributed by atoms with Gasteiger partial charge in [0.2, 0.25) is 5.91 Å². The van der Waals surface area contributed by atoms with E-state index in [4.69, 9.17) is 16.3 Å². The summed E-state index contributed by atoms with van der Waals surface area (Å²) in [6.45, 7) is 1.62. The van der Waals surface area contributed by atoms with Gasteiger partial charge in [0.15, 0.2) is 9.84 Å². The van der Waals surface area contributed by atoms with Crippen LogP contribution in [0, 0.1) is 5.92 Å². The van der Waals surface area contributed by atoms with E-state index in [2.05, 4.69) is 0 Å². The average Bonchev–Trinajstić information content (AvgIpc) is 2.68. The Labute approximate surface area is 166 Å². The minimum Gasteiger partial charge on any atom is -0.497 e. The number of halogens is 1.